The van der Waals surface area contributed by atoms with E-state index in [1.807, 2.05) is 0 Å². The molecule has 31 heavy (non-hydrogen) atoms. The van der Waals surface area contributed by atoms with E-state index in [1.165, 1.54) is 13.0 Å². The molecule has 1 fully saturated rings. The number of nitrogens with zero attached hydrogens (tertiary/aromatic N) is 2. The van der Waals surface area contributed by atoms with Crippen LogP contribution in [0.2, 0.25) is 0 Å². The lowest BCUT2D eigenvalue weighted by atomic mass is 10.0. The zero-order valence-corrected chi connectivity index (χ0v) is 18.4. The van der Waals surface area contributed by atoms with E-state index in [4.69, 9.17) is 4.74 Å². The summed E-state index contributed by atoms with van der Waals surface area (Å²) in [5, 5.41) is 2.51. The Morgan fingerprint density at radius 2 is 2.00 bits per heavy atom. The van der Waals surface area contributed by atoms with E-state index in [1.54, 1.807) is 0 Å². The highest BCUT2D eigenvalue weighted by Gasteiger charge is 2.33. The molecule has 1 N–H and O–H groups in total. The number of rotatable bonds is 5. The summed E-state index contributed by atoms with van der Waals surface area (Å²) in [5.41, 5.74) is -0.120. The minimum Gasteiger partial charge on any atom is -0.442 e. The number of cyclic esters (lactones) is 1. The monoisotopic (exact) mass is 477 g/mol. The quantitative estimate of drug-likeness (QED) is 0.688. The van der Waals surface area contributed by atoms with Gasteiger partial charge >= 0.3 is 6.09 Å². The van der Waals surface area contributed by atoms with Crippen LogP contribution in [0.15, 0.2) is 22.0 Å². The molecule has 2 atom stereocenters. The van der Waals surface area contributed by atoms with Gasteiger partial charge in [0.25, 0.3) is 10.0 Å². The molecule has 2 amide bonds. The fourth-order valence-electron chi connectivity index (χ4n) is 3.35. The molecule has 0 bridgehead atoms. The summed E-state index contributed by atoms with van der Waals surface area (Å²) in [7, 11) is -6.86. The Hall–Kier alpha value is -2.54. The number of carbonyl (C=O) groups is 2. The highest BCUT2D eigenvalue weighted by atomic mass is 32.3. The number of allylic oxidation sites excluding steroid dienone is 1. The van der Waals surface area contributed by atoms with Gasteiger partial charge in [-0.05, 0) is 24.1 Å². The average molecular weight is 478 g/mol. The maximum absolute atomic E-state index is 14.8. The number of sulfonamides is 1. The van der Waals surface area contributed by atoms with Crippen molar-refractivity contribution in [3.8, 4) is 0 Å². The molecule has 1 aromatic carbocycles. The van der Waals surface area contributed by atoms with Crippen molar-refractivity contribution in [1.29, 1.82) is 0 Å². The predicted molar refractivity (Wildman–Crippen MR) is 110 cm³/mol. The Bertz CT molecular complexity index is 1170. The average Bonchev–Trinajstić information content (AvgIpc) is 3.00. The molecule has 13 heteroatoms. The summed E-state index contributed by atoms with van der Waals surface area (Å²) < 4.78 is 73.1. The van der Waals surface area contributed by atoms with Crippen LogP contribution in [0.3, 0.4) is 0 Å². The summed E-state index contributed by atoms with van der Waals surface area (Å²) in [5.74, 6) is -2.53. The van der Waals surface area contributed by atoms with Crippen LogP contribution in [-0.4, -0.2) is 61.6 Å². The van der Waals surface area contributed by atoms with E-state index in [0.29, 0.717) is 0 Å². The molecule has 1 aromatic rings. The van der Waals surface area contributed by atoms with Crippen molar-refractivity contribution < 1.29 is 35.7 Å². The van der Waals surface area contributed by atoms with Crippen LogP contribution in [0.4, 0.5) is 19.3 Å². The van der Waals surface area contributed by atoms with Gasteiger partial charge in [0.15, 0.2) is 0 Å². The molecule has 1 saturated heterocycles. The third-order valence-corrected chi connectivity index (χ3v) is 8.36. The van der Waals surface area contributed by atoms with Crippen molar-refractivity contribution in [3.63, 3.8) is 0 Å². The van der Waals surface area contributed by atoms with Crippen LogP contribution < -0.4 is 10.2 Å². The van der Waals surface area contributed by atoms with Gasteiger partial charge in [-0.2, -0.15) is 0 Å². The fourth-order valence-corrected chi connectivity index (χ4v) is 7.03. The van der Waals surface area contributed by atoms with Gasteiger partial charge in [0.1, 0.15) is 17.7 Å². The molecule has 0 saturated carbocycles. The number of anilines is 1. The van der Waals surface area contributed by atoms with Crippen molar-refractivity contribution in [3.05, 3.63) is 35.4 Å². The largest absolute Gasteiger partial charge is 0.442 e. The fraction of sp³-hybridized carbons (Fsp3) is 0.444. The Morgan fingerprint density at radius 3 is 2.52 bits per heavy atom. The first-order valence-electron chi connectivity index (χ1n) is 9.22. The molecule has 0 aliphatic carbocycles. The molecule has 0 radical (unpaired) electrons. The summed E-state index contributed by atoms with van der Waals surface area (Å²) in [6.07, 6.45) is 0.696. The van der Waals surface area contributed by atoms with Crippen LogP contribution in [0.1, 0.15) is 18.9 Å². The van der Waals surface area contributed by atoms with Crippen LogP contribution in [0.25, 0.3) is 5.57 Å². The van der Waals surface area contributed by atoms with Crippen molar-refractivity contribution in [2.24, 2.45) is 3.77 Å². The number of benzene rings is 1. The van der Waals surface area contributed by atoms with E-state index in [0.717, 1.165) is 23.3 Å². The predicted octanol–water partition coefficient (Wildman–Crippen LogP) is 1.64. The van der Waals surface area contributed by atoms with Gasteiger partial charge < -0.3 is 10.1 Å². The Balaban J connectivity index is 1.83. The van der Waals surface area contributed by atoms with Crippen LogP contribution in [-0.2, 0) is 29.3 Å². The summed E-state index contributed by atoms with van der Waals surface area (Å²) in [6, 6.07) is 1.99. The van der Waals surface area contributed by atoms with Crippen molar-refractivity contribution >= 4 is 43.0 Å². The second-order valence-corrected chi connectivity index (χ2v) is 11.6. The first kappa shape index (κ1) is 23.1. The molecule has 170 valence electrons. The molecule has 2 aliphatic heterocycles. The van der Waals surface area contributed by atoms with E-state index in [-0.39, 0.29) is 53.7 Å². The van der Waals surface area contributed by atoms with Gasteiger partial charge in [-0.15, -0.1) is 3.77 Å². The lowest BCUT2D eigenvalue weighted by Gasteiger charge is -2.19. The van der Waals surface area contributed by atoms with Crippen molar-refractivity contribution in [2.45, 2.75) is 19.4 Å². The lowest BCUT2D eigenvalue weighted by Crippen LogP contribution is -2.33. The molecule has 2 heterocycles. The molecule has 9 nitrogen and oxygen atoms in total. The van der Waals surface area contributed by atoms with Gasteiger partial charge in [-0.1, -0.05) is 6.08 Å². The zero-order chi connectivity index (χ0) is 23.0. The Morgan fingerprint density at radius 1 is 1.35 bits per heavy atom. The van der Waals surface area contributed by atoms with Gasteiger partial charge in [0.2, 0.25) is 5.91 Å². The van der Waals surface area contributed by atoms with Crippen LogP contribution in [0.5, 0.6) is 0 Å². The van der Waals surface area contributed by atoms with E-state index in [2.05, 4.69) is 9.08 Å². The van der Waals surface area contributed by atoms with Gasteiger partial charge in [-0.3, -0.25) is 9.69 Å². The Labute approximate surface area is 178 Å². The van der Waals surface area contributed by atoms with E-state index < -0.39 is 43.6 Å². The number of halogens is 2. The third-order valence-electron chi connectivity index (χ3n) is 4.66. The first-order valence-corrected chi connectivity index (χ1v) is 12.9. The zero-order valence-electron chi connectivity index (χ0n) is 16.8. The Kier molecular flexibility index (Phi) is 6.37. The second kappa shape index (κ2) is 8.54. The van der Waals surface area contributed by atoms with Gasteiger partial charge in [0, 0.05) is 18.2 Å². The minimum atomic E-state index is -3.81. The second-order valence-electron chi connectivity index (χ2n) is 7.27. The van der Waals surface area contributed by atoms with E-state index in [9.17, 15) is 31.0 Å². The topological polar surface area (TPSA) is 122 Å². The molecular formula is C18H21F2N3O6S2. The molecular weight excluding hydrogens is 456 g/mol. The molecule has 1 unspecified atom stereocenters. The number of hydrogen-bond acceptors (Lipinski definition) is 6. The molecule has 0 spiro atoms. The lowest BCUT2D eigenvalue weighted by molar-refractivity contribution is -0.119. The standard InChI is InChI=1S/C18H21F2N3O6S2/c1-11(24)21-9-14-10-23(18(25)29-14)13-7-15(19)17(16(20)8-13)12-3-5-31(28,6-4-12)22-30(2,26)27/h3,7-8,14H,4-6,9-10H2,1-2H3,(H,21,24)/t14-,31?/m1/s1. The van der Waals surface area contributed by atoms with Crippen LogP contribution >= 0.6 is 0 Å². The number of ether oxygens (including phenoxy) is 1. The number of amides is 2. The summed E-state index contributed by atoms with van der Waals surface area (Å²) in [4.78, 5) is 24.1. The first-order chi connectivity index (χ1) is 14.4. The molecule has 0 aromatic heterocycles. The highest BCUT2D eigenvalue weighted by molar-refractivity contribution is 8.03. The molecule has 2 aliphatic rings. The number of nitrogens with one attached hydrogen (secondary N) is 1. The SMILES string of the molecule is CC(=O)NC[C@@H]1CN(c2cc(F)c(C3=CCS(=O)(=NS(C)(=O)=O)CC3)c(F)c2)C(=O)O1. The third kappa shape index (κ3) is 5.58. The van der Waals surface area contributed by atoms with Gasteiger partial charge in [-0.25, -0.2) is 26.2 Å². The molecule has 3 rings (SSSR count). The maximum Gasteiger partial charge on any atom is 0.414 e. The summed E-state index contributed by atoms with van der Waals surface area (Å²) in [6.45, 7) is 1.39. The maximum atomic E-state index is 14.8. The van der Waals surface area contributed by atoms with Crippen molar-refractivity contribution in [2.75, 3.05) is 35.8 Å². The van der Waals surface area contributed by atoms with Crippen LogP contribution in [0, 0.1) is 11.6 Å². The van der Waals surface area contributed by atoms with E-state index >= 15 is 0 Å². The normalized spacial score (nSPS) is 23.9. The van der Waals surface area contributed by atoms with Crippen molar-refractivity contribution in [1.82, 2.24) is 5.32 Å². The smallest absolute Gasteiger partial charge is 0.414 e. The highest BCUT2D eigenvalue weighted by Crippen LogP contribution is 2.33. The minimum absolute atomic E-state index is 0.00902. The van der Waals surface area contributed by atoms with Gasteiger partial charge in [0.05, 0.1) is 40.5 Å². The summed E-state index contributed by atoms with van der Waals surface area (Å²) >= 11 is 0. The number of carbonyl (C=O) groups excluding carboxylic acids is 2. The number of hydrogen-bond donors (Lipinski definition) is 1.